The number of nitrogens with zero attached hydrogens (tertiary/aromatic N) is 1. The summed E-state index contributed by atoms with van der Waals surface area (Å²) < 4.78 is 43.4. The van der Waals surface area contributed by atoms with E-state index in [9.17, 15) is 28.0 Å². The number of halogens is 2. The second-order valence-corrected chi connectivity index (χ2v) is 8.86. The number of carbonyl (C=O) groups excluding carboxylic acids is 4. The van der Waals surface area contributed by atoms with Crippen molar-refractivity contribution in [3.63, 3.8) is 0 Å². The van der Waals surface area contributed by atoms with Crippen LogP contribution in [-0.4, -0.2) is 54.5 Å². The molecule has 0 radical (unpaired) electrons. The van der Waals surface area contributed by atoms with E-state index >= 15 is 0 Å². The normalized spacial score (nSPS) is 12.2. The number of benzene rings is 2. The van der Waals surface area contributed by atoms with Crippen LogP contribution in [-0.2, 0) is 25.5 Å². The molecule has 0 spiro atoms. The molecule has 0 fully saturated rings. The summed E-state index contributed by atoms with van der Waals surface area (Å²) in [6.45, 7) is 3.69. The van der Waals surface area contributed by atoms with Crippen molar-refractivity contribution in [1.82, 2.24) is 15.8 Å². The van der Waals surface area contributed by atoms with Gasteiger partial charge in [0.15, 0.2) is 5.78 Å². The third-order valence-electron chi connectivity index (χ3n) is 6.07. The lowest BCUT2D eigenvalue weighted by Gasteiger charge is -2.21. The number of rotatable bonds is 12. The Labute approximate surface area is 229 Å². The molecule has 0 aliphatic rings. The Morgan fingerprint density at radius 3 is 2.40 bits per heavy atom. The van der Waals surface area contributed by atoms with Crippen LogP contribution in [0.3, 0.4) is 0 Å². The smallest absolute Gasteiger partial charge is 0.308 e. The molecule has 2 atom stereocenters. The van der Waals surface area contributed by atoms with Crippen LogP contribution in [0.1, 0.15) is 41.9 Å². The number of carbonyl (C=O) groups is 4. The van der Waals surface area contributed by atoms with Crippen molar-refractivity contribution in [1.29, 1.82) is 0 Å². The van der Waals surface area contributed by atoms with Crippen LogP contribution in [0.5, 0.6) is 5.75 Å². The molecular weight excluding hydrogens is 528 g/mol. The summed E-state index contributed by atoms with van der Waals surface area (Å²) in [5.41, 5.74) is 1.24. The van der Waals surface area contributed by atoms with Gasteiger partial charge >= 0.3 is 5.97 Å². The van der Waals surface area contributed by atoms with Gasteiger partial charge in [-0.3, -0.25) is 19.2 Å². The zero-order valence-electron chi connectivity index (χ0n) is 22.4. The van der Waals surface area contributed by atoms with Crippen LogP contribution in [0, 0.1) is 18.6 Å². The third-order valence-corrected chi connectivity index (χ3v) is 6.07. The summed E-state index contributed by atoms with van der Waals surface area (Å²) in [7, 11) is 1.11. The third kappa shape index (κ3) is 7.28. The molecule has 0 aliphatic carbocycles. The molecule has 1 heterocycles. The van der Waals surface area contributed by atoms with E-state index in [1.54, 1.807) is 31.2 Å². The Morgan fingerprint density at radius 2 is 1.75 bits per heavy atom. The molecule has 2 aromatic carbocycles. The van der Waals surface area contributed by atoms with Gasteiger partial charge in [-0.15, -0.1) is 0 Å². The highest BCUT2D eigenvalue weighted by atomic mass is 19.1. The summed E-state index contributed by atoms with van der Waals surface area (Å²) in [6.07, 6.45) is -0.362. The van der Waals surface area contributed by atoms with Crippen LogP contribution in [0.25, 0.3) is 11.3 Å². The molecule has 3 aromatic rings. The van der Waals surface area contributed by atoms with Crippen molar-refractivity contribution in [3.8, 4) is 17.0 Å². The van der Waals surface area contributed by atoms with E-state index in [1.807, 2.05) is 6.07 Å². The van der Waals surface area contributed by atoms with Gasteiger partial charge < -0.3 is 24.6 Å². The largest absolute Gasteiger partial charge is 0.485 e. The van der Waals surface area contributed by atoms with Crippen molar-refractivity contribution in [2.45, 2.75) is 45.7 Å². The number of esters is 1. The SMILES string of the molecule is CCc1c(F)cc(F)c(C)c1OCC(=O)[C@H](CC(=O)OC)NC(=O)[C@H](C)NC(=O)c1cc(-c2ccccc2)no1. The first-order valence-electron chi connectivity index (χ1n) is 12.4. The number of amides is 2. The predicted molar refractivity (Wildman–Crippen MR) is 138 cm³/mol. The number of hydrogen-bond acceptors (Lipinski definition) is 8. The van der Waals surface area contributed by atoms with Crippen molar-refractivity contribution in [2.75, 3.05) is 13.7 Å². The van der Waals surface area contributed by atoms with Crippen LogP contribution >= 0.6 is 0 Å². The number of hydrogen-bond donors (Lipinski definition) is 2. The zero-order chi connectivity index (χ0) is 29.4. The van der Waals surface area contributed by atoms with Gasteiger partial charge in [-0.1, -0.05) is 42.4 Å². The fraction of sp³-hybridized carbons (Fsp3) is 0.321. The maximum absolute atomic E-state index is 14.2. The summed E-state index contributed by atoms with van der Waals surface area (Å²) in [4.78, 5) is 50.3. The highest BCUT2D eigenvalue weighted by molar-refractivity contribution is 5.98. The second kappa shape index (κ2) is 13.5. The molecule has 0 saturated heterocycles. The summed E-state index contributed by atoms with van der Waals surface area (Å²) in [6, 6.07) is 8.59. The quantitative estimate of drug-likeness (QED) is 0.324. The molecule has 0 bridgehead atoms. The minimum absolute atomic E-state index is 0.0128. The van der Waals surface area contributed by atoms with Gasteiger partial charge in [-0.25, -0.2) is 8.78 Å². The molecule has 0 unspecified atom stereocenters. The number of aromatic nitrogens is 1. The van der Waals surface area contributed by atoms with E-state index in [0.29, 0.717) is 5.69 Å². The van der Waals surface area contributed by atoms with E-state index in [2.05, 4.69) is 20.5 Å². The number of nitrogens with one attached hydrogen (secondary N) is 2. The van der Waals surface area contributed by atoms with Gasteiger partial charge in [0, 0.05) is 28.8 Å². The first-order chi connectivity index (χ1) is 19.0. The average Bonchev–Trinajstić information content (AvgIpc) is 3.44. The molecule has 12 heteroatoms. The molecule has 0 saturated carbocycles. The van der Waals surface area contributed by atoms with Gasteiger partial charge in [0.25, 0.3) is 5.91 Å². The van der Waals surface area contributed by atoms with Crippen LogP contribution < -0.4 is 15.4 Å². The Morgan fingerprint density at radius 1 is 1.05 bits per heavy atom. The molecule has 2 N–H and O–H groups in total. The minimum Gasteiger partial charge on any atom is -0.485 e. The minimum atomic E-state index is -1.40. The highest BCUT2D eigenvalue weighted by Crippen LogP contribution is 2.29. The van der Waals surface area contributed by atoms with Crippen LogP contribution in [0.4, 0.5) is 8.78 Å². The monoisotopic (exact) mass is 557 g/mol. The first-order valence-corrected chi connectivity index (χ1v) is 12.4. The Kier molecular flexibility index (Phi) is 10.1. The van der Waals surface area contributed by atoms with Gasteiger partial charge in [0.2, 0.25) is 11.7 Å². The van der Waals surface area contributed by atoms with Crippen molar-refractivity contribution in [2.24, 2.45) is 0 Å². The molecule has 40 heavy (non-hydrogen) atoms. The summed E-state index contributed by atoms with van der Waals surface area (Å²) in [5.74, 6) is -5.01. The lowest BCUT2D eigenvalue weighted by molar-refractivity contribution is -0.143. The Bertz CT molecular complexity index is 1390. The predicted octanol–water partition coefficient (Wildman–Crippen LogP) is 3.30. The number of ether oxygens (including phenoxy) is 2. The highest BCUT2D eigenvalue weighted by Gasteiger charge is 2.29. The number of ketones is 1. The summed E-state index contributed by atoms with van der Waals surface area (Å²) in [5, 5.41) is 8.69. The van der Waals surface area contributed by atoms with E-state index in [1.165, 1.54) is 19.9 Å². The first kappa shape index (κ1) is 29.9. The van der Waals surface area contributed by atoms with Crippen molar-refractivity contribution < 1.29 is 42.0 Å². The maximum atomic E-state index is 14.2. The van der Waals surface area contributed by atoms with E-state index in [-0.39, 0.29) is 29.1 Å². The van der Waals surface area contributed by atoms with Gasteiger partial charge in [-0.05, 0) is 20.3 Å². The zero-order valence-corrected chi connectivity index (χ0v) is 22.4. The molecule has 1 aromatic heterocycles. The van der Waals surface area contributed by atoms with Crippen LogP contribution in [0.15, 0.2) is 47.0 Å². The second-order valence-electron chi connectivity index (χ2n) is 8.86. The molecule has 0 aliphatic heterocycles. The van der Waals surface area contributed by atoms with Crippen LogP contribution in [0.2, 0.25) is 0 Å². The van der Waals surface area contributed by atoms with Crippen molar-refractivity contribution >= 4 is 23.6 Å². The van der Waals surface area contributed by atoms with E-state index in [4.69, 9.17) is 9.26 Å². The topological polar surface area (TPSA) is 137 Å². The Balaban J connectivity index is 1.67. The fourth-order valence-corrected chi connectivity index (χ4v) is 3.77. The lowest BCUT2D eigenvalue weighted by atomic mass is 10.1. The summed E-state index contributed by atoms with van der Waals surface area (Å²) >= 11 is 0. The van der Waals surface area contributed by atoms with E-state index < -0.39 is 60.3 Å². The average molecular weight is 558 g/mol. The molecule has 2 amide bonds. The van der Waals surface area contributed by atoms with Gasteiger partial charge in [0.1, 0.15) is 41.8 Å². The fourth-order valence-electron chi connectivity index (χ4n) is 3.77. The van der Waals surface area contributed by atoms with Crippen molar-refractivity contribution in [3.05, 3.63) is 71.0 Å². The molecule has 3 rings (SSSR count). The Hall–Kier alpha value is -4.61. The maximum Gasteiger partial charge on any atom is 0.308 e. The molecular formula is C28H29F2N3O7. The number of Topliss-reactive ketones (excluding diaryl/α,β-unsaturated/α-hetero) is 1. The van der Waals surface area contributed by atoms with E-state index in [0.717, 1.165) is 18.7 Å². The standard InChI is InChI=1S/C28H29F2N3O7/c1-5-18-20(30)11-19(29)15(2)26(18)39-14-23(34)22(13-25(35)38-4)32-27(36)16(3)31-28(37)24-12-21(33-40-24)17-9-7-6-8-10-17/h6-12,16,22H,5,13-14H2,1-4H3,(H,31,37)(H,32,36)/t16-,22-/m0/s1. The van der Waals surface area contributed by atoms with Gasteiger partial charge in [0.05, 0.1) is 13.5 Å². The van der Waals surface area contributed by atoms with Gasteiger partial charge in [-0.2, -0.15) is 0 Å². The lowest BCUT2D eigenvalue weighted by Crippen LogP contribution is -2.51. The number of methoxy groups -OCH3 is 1. The molecule has 212 valence electrons. The molecule has 10 nitrogen and oxygen atoms in total.